The molecule has 2 rings (SSSR count). The lowest BCUT2D eigenvalue weighted by Gasteiger charge is -2.09. The Morgan fingerprint density at radius 1 is 1.25 bits per heavy atom. The molecule has 0 bridgehead atoms. The fraction of sp³-hybridized carbons (Fsp3) is 0.308. The molecule has 0 spiro atoms. The van der Waals surface area contributed by atoms with E-state index in [0.29, 0.717) is 6.54 Å². The summed E-state index contributed by atoms with van der Waals surface area (Å²) in [5, 5.41) is 4.29. The highest BCUT2D eigenvalue weighted by Gasteiger charge is 2.02. The third-order valence-corrected chi connectivity index (χ3v) is 2.89. The lowest BCUT2D eigenvalue weighted by atomic mass is 10.1. The van der Waals surface area contributed by atoms with Gasteiger partial charge in [0.15, 0.2) is 0 Å². The van der Waals surface area contributed by atoms with E-state index in [9.17, 15) is 0 Å². The topological polar surface area (TPSA) is 43.8 Å². The molecule has 1 aromatic heterocycles. The van der Waals surface area contributed by atoms with E-state index in [1.54, 1.807) is 0 Å². The van der Waals surface area contributed by atoms with Gasteiger partial charge in [-0.3, -0.25) is 4.68 Å². The summed E-state index contributed by atoms with van der Waals surface area (Å²) >= 11 is 0. The highest BCUT2D eigenvalue weighted by atomic mass is 15.3. The van der Waals surface area contributed by atoms with Crippen molar-refractivity contribution in [2.75, 3.05) is 0 Å². The molecule has 1 aromatic carbocycles. The molecular formula is C13H17N3. The minimum atomic E-state index is 0.599. The van der Waals surface area contributed by atoms with E-state index in [4.69, 9.17) is 5.73 Å². The number of aryl methyl sites for hydroxylation is 2. The summed E-state index contributed by atoms with van der Waals surface area (Å²) in [7, 11) is 0. The summed E-state index contributed by atoms with van der Waals surface area (Å²) in [5.74, 6) is 0. The van der Waals surface area contributed by atoms with Crippen molar-refractivity contribution in [3.05, 3.63) is 52.8 Å². The molecule has 0 aliphatic rings. The van der Waals surface area contributed by atoms with E-state index >= 15 is 0 Å². The molecule has 0 aliphatic carbocycles. The van der Waals surface area contributed by atoms with Crippen LogP contribution < -0.4 is 5.73 Å². The Morgan fingerprint density at radius 2 is 2.06 bits per heavy atom. The van der Waals surface area contributed by atoms with Gasteiger partial charge in [-0.2, -0.15) is 5.10 Å². The predicted octanol–water partition coefficient (Wildman–Crippen LogP) is 2.01. The SMILES string of the molecule is Cc1cc(CN)ccc1Cn1nccc1C. The first-order valence-corrected chi connectivity index (χ1v) is 5.47. The average Bonchev–Trinajstić information content (AvgIpc) is 2.67. The number of hydrogen-bond donors (Lipinski definition) is 1. The first kappa shape index (κ1) is 10.9. The van der Waals surface area contributed by atoms with E-state index in [2.05, 4.69) is 37.1 Å². The first-order chi connectivity index (χ1) is 7.70. The second kappa shape index (κ2) is 4.49. The molecular weight excluding hydrogens is 198 g/mol. The molecule has 0 amide bonds. The standard InChI is InChI=1S/C13H17N3/c1-10-7-12(8-14)3-4-13(10)9-16-11(2)5-6-15-16/h3-7H,8-9,14H2,1-2H3. The second-order valence-corrected chi connectivity index (χ2v) is 4.10. The summed E-state index contributed by atoms with van der Waals surface area (Å²) < 4.78 is 2.00. The molecule has 16 heavy (non-hydrogen) atoms. The van der Waals surface area contributed by atoms with Gasteiger partial charge in [0.2, 0.25) is 0 Å². The predicted molar refractivity (Wildman–Crippen MR) is 65.1 cm³/mol. The second-order valence-electron chi connectivity index (χ2n) is 4.10. The molecule has 84 valence electrons. The van der Waals surface area contributed by atoms with Crippen LogP contribution in [0.4, 0.5) is 0 Å². The van der Waals surface area contributed by atoms with Gasteiger partial charge in [0.05, 0.1) is 6.54 Å². The quantitative estimate of drug-likeness (QED) is 0.851. The molecule has 3 heteroatoms. The van der Waals surface area contributed by atoms with Crippen LogP contribution in [0.1, 0.15) is 22.4 Å². The Bertz CT molecular complexity index is 486. The number of hydrogen-bond acceptors (Lipinski definition) is 2. The molecule has 0 fully saturated rings. The van der Waals surface area contributed by atoms with Crippen molar-refractivity contribution in [1.82, 2.24) is 9.78 Å². The van der Waals surface area contributed by atoms with Gasteiger partial charge in [0, 0.05) is 18.4 Å². The summed E-state index contributed by atoms with van der Waals surface area (Å²) in [6.45, 7) is 5.61. The van der Waals surface area contributed by atoms with Gasteiger partial charge in [-0.1, -0.05) is 18.2 Å². The number of aromatic nitrogens is 2. The average molecular weight is 215 g/mol. The van der Waals surface area contributed by atoms with Crippen molar-refractivity contribution >= 4 is 0 Å². The minimum Gasteiger partial charge on any atom is -0.326 e. The molecule has 2 aromatic rings. The van der Waals surface area contributed by atoms with Crippen LogP contribution in [0.3, 0.4) is 0 Å². The zero-order valence-electron chi connectivity index (χ0n) is 9.77. The monoisotopic (exact) mass is 215 g/mol. The number of nitrogens with two attached hydrogens (primary N) is 1. The maximum Gasteiger partial charge on any atom is 0.0664 e. The lowest BCUT2D eigenvalue weighted by molar-refractivity contribution is 0.662. The van der Waals surface area contributed by atoms with Crippen molar-refractivity contribution in [1.29, 1.82) is 0 Å². The van der Waals surface area contributed by atoms with E-state index in [1.807, 2.05) is 16.9 Å². The zero-order chi connectivity index (χ0) is 11.5. The Balaban J connectivity index is 2.25. The Morgan fingerprint density at radius 3 is 2.62 bits per heavy atom. The van der Waals surface area contributed by atoms with Crippen LogP contribution >= 0.6 is 0 Å². The smallest absolute Gasteiger partial charge is 0.0664 e. The molecule has 0 unspecified atom stereocenters. The minimum absolute atomic E-state index is 0.599. The molecule has 0 atom stereocenters. The van der Waals surface area contributed by atoms with Gasteiger partial charge < -0.3 is 5.73 Å². The normalized spacial score (nSPS) is 10.7. The van der Waals surface area contributed by atoms with E-state index in [0.717, 1.165) is 6.54 Å². The third kappa shape index (κ3) is 2.14. The van der Waals surface area contributed by atoms with Crippen molar-refractivity contribution in [2.24, 2.45) is 5.73 Å². The van der Waals surface area contributed by atoms with Crippen LogP contribution in [0.5, 0.6) is 0 Å². The van der Waals surface area contributed by atoms with E-state index < -0.39 is 0 Å². The lowest BCUT2D eigenvalue weighted by Crippen LogP contribution is -2.06. The molecule has 2 N–H and O–H groups in total. The zero-order valence-corrected chi connectivity index (χ0v) is 9.77. The van der Waals surface area contributed by atoms with Gasteiger partial charge in [0.25, 0.3) is 0 Å². The van der Waals surface area contributed by atoms with Gasteiger partial charge in [-0.05, 0) is 36.6 Å². The van der Waals surface area contributed by atoms with Crippen molar-refractivity contribution in [3.63, 3.8) is 0 Å². The summed E-state index contributed by atoms with van der Waals surface area (Å²) in [4.78, 5) is 0. The number of nitrogens with zero attached hydrogens (tertiary/aromatic N) is 2. The molecule has 1 heterocycles. The molecule has 0 saturated carbocycles. The third-order valence-electron chi connectivity index (χ3n) is 2.89. The summed E-state index contributed by atoms with van der Waals surface area (Å²) in [6.07, 6.45) is 1.83. The maximum atomic E-state index is 5.61. The molecule has 3 nitrogen and oxygen atoms in total. The van der Waals surface area contributed by atoms with Crippen molar-refractivity contribution < 1.29 is 0 Å². The maximum absolute atomic E-state index is 5.61. The summed E-state index contributed by atoms with van der Waals surface area (Å²) in [5.41, 5.74) is 10.5. The van der Waals surface area contributed by atoms with Crippen molar-refractivity contribution in [3.8, 4) is 0 Å². The van der Waals surface area contributed by atoms with E-state index in [1.165, 1.54) is 22.4 Å². The van der Waals surface area contributed by atoms with Crippen molar-refractivity contribution in [2.45, 2.75) is 26.9 Å². The van der Waals surface area contributed by atoms with Crippen LogP contribution in [-0.2, 0) is 13.1 Å². The first-order valence-electron chi connectivity index (χ1n) is 5.47. The molecule has 0 aliphatic heterocycles. The van der Waals surface area contributed by atoms with E-state index in [-0.39, 0.29) is 0 Å². The molecule has 0 saturated heterocycles. The van der Waals surface area contributed by atoms with Gasteiger partial charge in [0.1, 0.15) is 0 Å². The molecule has 0 radical (unpaired) electrons. The van der Waals surface area contributed by atoms with Crippen LogP contribution in [0, 0.1) is 13.8 Å². The van der Waals surface area contributed by atoms with Crippen LogP contribution in [-0.4, -0.2) is 9.78 Å². The van der Waals surface area contributed by atoms with Crippen LogP contribution in [0.2, 0.25) is 0 Å². The summed E-state index contributed by atoms with van der Waals surface area (Å²) in [6, 6.07) is 8.39. The Kier molecular flexibility index (Phi) is 3.06. The Labute approximate surface area is 95.9 Å². The van der Waals surface area contributed by atoms with Gasteiger partial charge >= 0.3 is 0 Å². The number of benzene rings is 1. The van der Waals surface area contributed by atoms with Gasteiger partial charge in [-0.25, -0.2) is 0 Å². The van der Waals surface area contributed by atoms with Gasteiger partial charge in [-0.15, -0.1) is 0 Å². The highest BCUT2D eigenvalue weighted by molar-refractivity contribution is 5.31. The fourth-order valence-electron chi connectivity index (χ4n) is 1.79. The van der Waals surface area contributed by atoms with Crippen LogP contribution in [0.25, 0.3) is 0 Å². The highest BCUT2D eigenvalue weighted by Crippen LogP contribution is 2.13. The van der Waals surface area contributed by atoms with Crippen LogP contribution in [0.15, 0.2) is 30.5 Å². The largest absolute Gasteiger partial charge is 0.326 e. The Hall–Kier alpha value is -1.61. The fourth-order valence-corrected chi connectivity index (χ4v) is 1.79. The number of rotatable bonds is 3.